The van der Waals surface area contributed by atoms with Crippen LogP contribution >= 0.6 is 0 Å². The summed E-state index contributed by atoms with van der Waals surface area (Å²) in [6.07, 6.45) is 4.38. The van der Waals surface area contributed by atoms with Gasteiger partial charge in [0.2, 0.25) is 5.95 Å². The zero-order valence-corrected chi connectivity index (χ0v) is 19.9. The Balaban J connectivity index is 1.33. The minimum absolute atomic E-state index is 0.0471. The molecule has 186 valence electrons. The molecule has 2 aromatic heterocycles. The molecular weight excluding hydrogens is 460 g/mol. The zero-order chi connectivity index (χ0) is 25.1. The molecule has 3 N–H and O–H groups in total. The standard InChI is InChI=1S/C25H28N8O3/c26-13-16-5-11-33(12-6-16)25-29-20-14-27-31-23(34)21(20)22(30-25)28-19-3-1-17(2-4-19)15-32-9-7-18(8-10-32)24(35)36/h1-4,14,16,18H,5-12,15H2,(H,31,34)(H,35,36)(H,28,29,30). The topological polar surface area (TPSA) is 151 Å². The van der Waals surface area contributed by atoms with Gasteiger partial charge in [0.1, 0.15) is 16.7 Å². The van der Waals surface area contributed by atoms with Crippen LogP contribution in [-0.4, -0.2) is 62.3 Å². The van der Waals surface area contributed by atoms with Gasteiger partial charge in [-0.2, -0.15) is 15.3 Å². The summed E-state index contributed by atoms with van der Waals surface area (Å²) in [5, 5.41) is 28.4. The second-order valence-electron chi connectivity index (χ2n) is 9.43. The van der Waals surface area contributed by atoms with Crippen LogP contribution in [0.25, 0.3) is 10.9 Å². The number of nitrogens with one attached hydrogen (secondary N) is 2. The van der Waals surface area contributed by atoms with Gasteiger partial charge in [0, 0.05) is 31.2 Å². The number of aromatic nitrogens is 4. The molecule has 0 spiro atoms. The first-order valence-corrected chi connectivity index (χ1v) is 12.2. The van der Waals surface area contributed by atoms with Gasteiger partial charge < -0.3 is 15.3 Å². The number of carboxylic acid groups (broad SMARTS) is 1. The lowest BCUT2D eigenvalue weighted by atomic mass is 9.97. The number of anilines is 3. The van der Waals surface area contributed by atoms with E-state index in [2.05, 4.69) is 36.5 Å². The number of H-pyrrole nitrogens is 1. The van der Waals surface area contributed by atoms with Crippen molar-refractivity contribution in [3.8, 4) is 6.07 Å². The van der Waals surface area contributed by atoms with E-state index in [-0.39, 0.29) is 17.4 Å². The predicted octanol–water partition coefficient (Wildman–Crippen LogP) is 2.49. The van der Waals surface area contributed by atoms with E-state index in [1.165, 1.54) is 6.20 Å². The third kappa shape index (κ3) is 5.13. The van der Waals surface area contributed by atoms with Gasteiger partial charge in [0.15, 0.2) is 0 Å². The van der Waals surface area contributed by atoms with E-state index in [9.17, 15) is 20.0 Å². The molecule has 0 unspecified atom stereocenters. The van der Waals surface area contributed by atoms with Crippen molar-refractivity contribution < 1.29 is 9.90 Å². The number of nitrogens with zero attached hydrogens (tertiary/aromatic N) is 6. The van der Waals surface area contributed by atoms with Crippen LogP contribution in [0, 0.1) is 23.2 Å². The van der Waals surface area contributed by atoms with Gasteiger partial charge in [-0.1, -0.05) is 12.1 Å². The molecule has 2 aliphatic rings. The minimum Gasteiger partial charge on any atom is -0.481 e. The van der Waals surface area contributed by atoms with E-state index < -0.39 is 5.97 Å². The van der Waals surface area contributed by atoms with Crippen LogP contribution in [0.4, 0.5) is 17.5 Å². The number of likely N-dealkylation sites (tertiary alicyclic amines) is 1. The van der Waals surface area contributed by atoms with Crippen LogP contribution in [0.15, 0.2) is 35.3 Å². The van der Waals surface area contributed by atoms with Gasteiger partial charge in [-0.25, -0.2) is 10.1 Å². The van der Waals surface area contributed by atoms with Gasteiger partial charge >= 0.3 is 5.97 Å². The van der Waals surface area contributed by atoms with Gasteiger partial charge in [-0.15, -0.1) is 0 Å². The van der Waals surface area contributed by atoms with E-state index in [1.807, 2.05) is 29.2 Å². The number of rotatable bonds is 6. The Morgan fingerprint density at radius 1 is 1.11 bits per heavy atom. The summed E-state index contributed by atoms with van der Waals surface area (Å²) >= 11 is 0. The predicted molar refractivity (Wildman–Crippen MR) is 134 cm³/mol. The molecule has 5 rings (SSSR count). The smallest absolute Gasteiger partial charge is 0.306 e. The molecule has 4 heterocycles. The number of nitriles is 1. The zero-order valence-electron chi connectivity index (χ0n) is 19.9. The summed E-state index contributed by atoms with van der Waals surface area (Å²) in [5.74, 6) is 0.0220. The number of hydrogen-bond acceptors (Lipinski definition) is 9. The molecule has 1 aromatic carbocycles. The molecule has 3 aromatic rings. The molecule has 0 amide bonds. The van der Waals surface area contributed by atoms with Crippen molar-refractivity contribution in [2.24, 2.45) is 11.8 Å². The van der Waals surface area contributed by atoms with Crippen LogP contribution in [0.3, 0.4) is 0 Å². The normalized spacial score (nSPS) is 17.7. The number of aromatic amines is 1. The number of fused-ring (bicyclic) bond motifs is 1. The minimum atomic E-state index is -0.702. The fourth-order valence-electron chi connectivity index (χ4n) is 4.86. The van der Waals surface area contributed by atoms with E-state index in [1.54, 1.807) is 0 Å². The van der Waals surface area contributed by atoms with Crippen LogP contribution in [-0.2, 0) is 11.3 Å². The Morgan fingerprint density at radius 3 is 2.50 bits per heavy atom. The van der Waals surface area contributed by atoms with Gasteiger partial charge in [-0.05, 0) is 56.5 Å². The molecule has 11 heteroatoms. The number of hydrogen-bond donors (Lipinski definition) is 3. The summed E-state index contributed by atoms with van der Waals surface area (Å²) in [5.41, 5.74) is 2.00. The molecule has 0 saturated carbocycles. The number of benzene rings is 1. The van der Waals surface area contributed by atoms with Gasteiger partial charge in [0.05, 0.1) is 18.2 Å². The molecular formula is C25H28N8O3. The van der Waals surface area contributed by atoms with E-state index in [0.29, 0.717) is 48.6 Å². The van der Waals surface area contributed by atoms with Crippen LogP contribution < -0.4 is 15.8 Å². The van der Waals surface area contributed by atoms with Crippen LogP contribution in [0.5, 0.6) is 0 Å². The third-order valence-corrected chi connectivity index (χ3v) is 7.03. The van der Waals surface area contributed by atoms with Crippen molar-refractivity contribution in [3.63, 3.8) is 0 Å². The Kier molecular flexibility index (Phi) is 6.77. The van der Waals surface area contributed by atoms with E-state index in [0.717, 1.165) is 43.7 Å². The maximum absolute atomic E-state index is 12.6. The maximum atomic E-state index is 12.6. The number of piperidine rings is 2. The number of aliphatic carboxylic acids is 1. The lowest BCUT2D eigenvalue weighted by Gasteiger charge is -2.30. The summed E-state index contributed by atoms with van der Waals surface area (Å²) in [6.45, 7) is 3.66. The van der Waals surface area contributed by atoms with E-state index in [4.69, 9.17) is 0 Å². The first-order chi connectivity index (χ1) is 17.5. The lowest BCUT2D eigenvalue weighted by Crippen LogP contribution is -2.35. The van der Waals surface area contributed by atoms with Crippen molar-refractivity contribution >= 4 is 34.3 Å². The SMILES string of the molecule is N#CC1CCN(c2nc(Nc3ccc(CN4CCC(C(=O)O)CC4)cc3)c3c(=O)[nH]ncc3n2)CC1. The van der Waals surface area contributed by atoms with Gasteiger partial charge in [-0.3, -0.25) is 14.5 Å². The Hall–Kier alpha value is -4.04. The lowest BCUT2D eigenvalue weighted by molar-refractivity contribution is -0.143. The maximum Gasteiger partial charge on any atom is 0.306 e. The second kappa shape index (κ2) is 10.3. The molecule has 0 atom stereocenters. The van der Waals surface area contributed by atoms with Crippen molar-refractivity contribution in [2.45, 2.75) is 32.2 Å². The van der Waals surface area contributed by atoms with Crippen molar-refractivity contribution in [2.75, 3.05) is 36.4 Å². The van der Waals surface area contributed by atoms with Crippen molar-refractivity contribution in [1.82, 2.24) is 25.1 Å². The van der Waals surface area contributed by atoms with Crippen LogP contribution in [0.1, 0.15) is 31.2 Å². The fraction of sp³-hybridized carbons (Fsp3) is 0.440. The molecule has 36 heavy (non-hydrogen) atoms. The number of carboxylic acids is 1. The monoisotopic (exact) mass is 488 g/mol. The first kappa shape index (κ1) is 23.7. The van der Waals surface area contributed by atoms with Crippen molar-refractivity contribution in [3.05, 3.63) is 46.4 Å². The molecule has 0 radical (unpaired) electrons. The molecule has 0 bridgehead atoms. The fourth-order valence-corrected chi connectivity index (χ4v) is 4.86. The second-order valence-corrected chi connectivity index (χ2v) is 9.43. The first-order valence-electron chi connectivity index (χ1n) is 12.2. The highest BCUT2D eigenvalue weighted by Gasteiger charge is 2.25. The third-order valence-electron chi connectivity index (χ3n) is 7.03. The molecule has 2 fully saturated rings. The highest BCUT2D eigenvalue weighted by molar-refractivity contribution is 5.90. The summed E-state index contributed by atoms with van der Waals surface area (Å²) in [6, 6.07) is 10.3. The van der Waals surface area contributed by atoms with Crippen molar-refractivity contribution in [1.29, 1.82) is 5.26 Å². The largest absolute Gasteiger partial charge is 0.481 e. The summed E-state index contributed by atoms with van der Waals surface area (Å²) in [7, 11) is 0. The Labute approximate surface area is 207 Å². The number of carbonyl (C=O) groups is 1. The Bertz CT molecular complexity index is 1330. The molecule has 2 aliphatic heterocycles. The Morgan fingerprint density at radius 2 is 1.83 bits per heavy atom. The quantitative estimate of drug-likeness (QED) is 0.472. The highest BCUT2D eigenvalue weighted by atomic mass is 16.4. The highest BCUT2D eigenvalue weighted by Crippen LogP contribution is 2.27. The van der Waals surface area contributed by atoms with Gasteiger partial charge in [0.25, 0.3) is 5.56 Å². The average molecular weight is 489 g/mol. The summed E-state index contributed by atoms with van der Waals surface area (Å²) < 4.78 is 0. The average Bonchev–Trinajstić information content (AvgIpc) is 2.90. The molecule has 0 aliphatic carbocycles. The molecule has 2 saturated heterocycles. The van der Waals surface area contributed by atoms with Crippen LogP contribution in [0.2, 0.25) is 0 Å². The molecule has 11 nitrogen and oxygen atoms in total. The summed E-state index contributed by atoms with van der Waals surface area (Å²) in [4.78, 5) is 37.3. The van der Waals surface area contributed by atoms with E-state index >= 15 is 0 Å².